The van der Waals surface area contributed by atoms with Crippen LogP contribution in [0, 0.1) is 0 Å². The molecule has 3 aromatic carbocycles. The zero-order chi connectivity index (χ0) is 22.9. The van der Waals surface area contributed by atoms with E-state index in [2.05, 4.69) is 0 Å². The van der Waals surface area contributed by atoms with Gasteiger partial charge in [-0.25, -0.2) is 0 Å². The summed E-state index contributed by atoms with van der Waals surface area (Å²) in [5, 5.41) is 0.765. The van der Waals surface area contributed by atoms with E-state index in [4.69, 9.17) is 37.4 Å². The topological polar surface area (TPSA) is 44.8 Å². The normalized spacial score (nSPS) is 10.9. The summed E-state index contributed by atoms with van der Waals surface area (Å²) in [6, 6.07) is 18.1. The van der Waals surface area contributed by atoms with Gasteiger partial charge in [0.1, 0.15) is 12.4 Å². The molecule has 6 heteroatoms. The number of allylic oxidation sites excluding steroid dienone is 1. The van der Waals surface area contributed by atoms with Crippen LogP contribution in [-0.4, -0.2) is 19.0 Å². The van der Waals surface area contributed by atoms with Crippen LogP contribution in [0.1, 0.15) is 35.3 Å². The van der Waals surface area contributed by atoms with Gasteiger partial charge in [0.25, 0.3) is 0 Å². The molecule has 0 fully saturated rings. The lowest BCUT2D eigenvalue weighted by Crippen LogP contribution is -2.01. The lowest BCUT2D eigenvalue weighted by Gasteiger charge is -2.13. The number of ether oxygens (including phenoxy) is 3. The second kappa shape index (κ2) is 11.6. The lowest BCUT2D eigenvalue weighted by atomic mass is 10.1. The predicted octanol–water partition coefficient (Wildman–Crippen LogP) is 7.27. The molecule has 0 amide bonds. The Balaban J connectivity index is 1.66. The van der Waals surface area contributed by atoms with E-state index in [-0.39, 0.29) is 5.78 Å². The fourth-order valence-electron chi connectivity index (χ4n) is 2.98. The quantitative estimate of drug-likeness (QED) is 0.231. The molecule has 0 unspecified atom stereocenters. The number of halogens is 2. The summed E-state index contributed by atoms with van der Waals surface area (Å²) in [5.41, 5.74) is 2.29. The number of rotatable bonds is 10. The van der Waals surface area contributed by atoms with Gasteiger partial charge in [-0.05, 0) is 73.5 Å². The molecule has 0 radical (unpaired) electrons. The summed E-state index contributed by atoms with van der Waals surface area (Å²) in [6.07, 6.45) is 3.24. The largest absolute Gasteiger partial charge is 0.490 e. The van der Waals surface area contributed by atoms with Crippen LogP contribution in [0.5, 0.6) is 17.2 Å². The average molecular weight is 471 g/mol. The molecule has 32 heavy (non-hydrogen) atoms. The maximum Gasteiger partial charge on any atom is 0.185 e. The van der Waals surface area contributed by atoms with Crippen LogP contribution < -0.4 is 14.2 Å². The van der Waals surface area contributed by atoms with Crippen molar-refractivity contribution < 1.29 is 19.0 Å². The predicted molar refractivity (Wildman–Crippen MR) is 129 cm³/mol. The van der Waals surface area contributed by atoms with Crippen LogP contribution in [0.25, 0.3) is 6.08 Å². The zero-order valence-corrected chi connectivity index (χ0v) is 19.5. The van der Waals surface area contributed by atoms with Gasteiger partial charge in [0.2, 0.25) is 0 Å². The van der Waals surface area contributed by atoms with Crippen molar-refractivity contribution in [2.75, 3.05) is 13.2 Å². The summed E-state index contributed by atoms with van der Waals surface area (Å²) >= 11 is 11.9. The Labute approximate surface area is 198 Å². The highest BCUT2D eigenvalue weighted by Gasteiger charge is 2.08. The van der Waals surface area contributed by atoms with E-state index in [1.807, 2.05) is 56.3 Å². The summed E-state index contributed by atoms with van der Waals surface area (Å²) in [7, 11) is 0. The van der Waals surface area contributed by atoms with Gasteiger partial charge in [0, 0.05) is 5.56 Å². The first-order chi connectivity index (χ1) is 15.5. The van der Waals surface area contributed by atoms with Crippen molar-refractivity contribution in [3.05, 3.63) is 93.5 Å². The third-order valence-corrected chi connectivity index (χ3v) is 5.24. The minimum absolute atomic E-state index is 0.160. The molecule has 0 aliphatic rings. The standard InChI is InChI=1S/C26H24Cl2O4/c1-3-30-25-13-9-19(15-26(25)31-4-2)17-32-21-7-5-6-18(14-21)8-12-24(29)20-10-11-22(27)23(28)16-20/h5-16H,3-4,17H2,1-2H3/b12-8+. The first-order valence-corrected chi connectivity index (χ1v) is 11.0. The van der Waals surface area contributed by atoms with Gasteiger partial charge < -0.3 is 14.2 Å². The molecule has 0 spiro atoms. The maximum absolute atomic E-state index is 12.4. The first kappa shape index (κ1) is 23.7. The van der Waals surface area contributed by atoms with Gasteiger partial charge >= 0.3 is 0 Å². The molecule has 0 atom stereocenters. The van der Waals surface area contributed by atoms with Crippen molar-refractivity contribution in [2.24, 2.45) is 0 Å². The highest BCUT2D eigenvalue weighted by molar-refractivity contribution is 6.42. The van der Waals surface area contributed by atoms with Crippen molar-refractivity contribution in [1.82, 2.24) is 0 Å². The maximum atomic E-state index is 12.4. The first-order valence-electron chi connectivity index (χ1n) is 10.3. The van der Waals surface area contributed by atoms with E-state index in [1.165, 1.54) is 6.08 Å². The number of hydrogen-bond donors (Lipinski definition) is 0. The molecule has 0 aliphatic carbocycles. The highest BCUT2D eigenvalue weighted by Crippen LogP contribution is 2.29. The SMILES string of the molecule is CCOc1ccc(COc2cccc(/C=C/C(=O)c3ccc(Cl)c(Cl)c3)c2)cc1OCC. The Bertz CT molecular complexity index is 1110. The second-order valence-electron chi connectivity index (χ2n) is 6.83. The monoisotopic (exact) mass is 470 g/mol. The number of ketones is 1. The van der Waals surface area contributed by atoms with Gasteiger partial charge in [0.05, 0.1) is 23.3 Å². The van der Waals surface area contributed by atoms with E-state index in [9.17, 15) is 4.79 Å². The van der Waals surface area contributed by atoms with Crippen molar-refractivity contribution in [3.63, 3.8) is 0 Å². The Morgan fingerprint density at radius 1 is 0.844 bits per heavy atom. The van der Waals surface area contributed by atoms with Crippen molar-refractivity contribution >= 4 is 35.1 Å². The number of carbonyl (C=O) groups is 1. The Morgan fingerprint density at radius 2 is 1.62 bits per heavy atom. The van der Waals surface area contributed by atoms with Gasteiger partial charge in [-0.1, -0.05) is 47.5 Å². The summed E-state index contributed by atoms with van der Waals surface area (Å²) in [5.74, 6) is 1.96. The zero-order valence-electron chi connectivity index (χ0n) is 17.9. The van der Waals surface area contributed by atoms with Gasteiger partial charge in [-0.2, -0.15) is 0 Å². The van der Waals surface area contributed by atoms with Crippen LogP contribution in [0.15, 0.2) is 66.7 Å². The fraction of sp³-hybridized carbons (Fsp3) is 0.192. The van der Waals surface area contributed by atoms with E-state index in [0.29, 0.717) is 46.9 Å². The Hall–Kier alpha value is -2.95. The molecule has 0 heterocycles. The minimum Gasteiger partial charge on any atom is -0.490 e. The molecular formula is C26H24Cl2O4. The van der Waals surface area contributed by atoms with Crippen LogP contribution >= 0.6 is 23.2 Å². The molecule has 166 valence electrons. The molecule has 3 aromatic rings. The molecule has 0 N–H and O–H groups in total. The fourth-order valence-corrected chi connectivity index (χ4v) is 3.28. The molecular weight excluding hydrogens is 447 g/mol. The van der Waals surface area contributed by atoms with E-state index < -0.39 is 0 Å². The Morgan fingerprint density at radius 3 is 2.38 bits per heavy atom. The second-order valence-corrected chi connectivity index (χ2v) is 7.65. The summed E-state index contributed by atoms with van der Waals surface area (Å²) in [4.78, 5) is 12.4. The molecule has 3 rings (SSSR count). The van der Waals surface area contributed by atoms with Crippen LogP contribution in [0.2, 0.25) is 10.0 Å². The minimum atomic E-state index is -0.160. The summed E-state index contributed by atoms with van der Waals surface area (Å²) < 4.78 is 17.2. The lowest BCUT2D eigenvalue weighted by molar-refractivity contribution is 0.104. The average Bonchev–Trinajstić information content (AvgIpc) is 2.80. The van der Waals surface area contributed by atoms with Crippen molar-refractivity contribution in [1.29, 1.82) is 0 Å². The summed E-state index contributed by atoms with van der Waals surface area (Å²) in [6.45, 7) is 5.38. The number of carbonyl (C=O) groups excluding carboxylic acids is 1. The molecule has 0 aliphatic heterocycles. The third kappa shape index (κ3) is 6.52. The molecule has 0 saturated carbocycles. The van der Waals surface area contributed by atoms with Gasteiger partial charge in [-0.15, -0.1) is 0 Å². The van der Waals surface area contributed by atoms with Crippen LogP contribution in [0.4, 0.5) is 0 Å². The van der Waals surface area contributed by atoms with Crippen molar-refractivity contribution in [3.8, 4) is 17.2 Å². The molecule has 0 bridgehead atoms. The van der Waals surface area contributed by atoms with E-state index >= 15 is 0 Å². The smallest absolute Gasteiger partial charge is 0.185 e. The number of benzene rings is 3. The Kier molecular flexibility index (Phi) is 8.60. The molecule has 0 aromatic heterocycles. The molecule has 0 saturated heterocycles. The highest BCUT2D eigenvalue weighted by atomic mass is 35.5. The van der Waals surface area contributed by atoms with Gasteiger partial charge in [0.15, 0.2) is 17.3 Å². The van der Waals surface area contributed by atoms with Crippen LogP contribution in [-0.2, 0) is 6.61 Å². The van der Waals surface area contributed by atoms with Crippen molar-refractivity contribution in [2.45, 2.75) is 20.5 Å². The molecule has 4 nitrogen and oxygen atoms in total. The number of hydrogen-bond acceptors (Lipinski definition) is 4. The third-order valence-electron chi connectivity index (χ3n) is 4.50. The van der Waals surface area contributed by atoms with E-state index in [1.54, 1.807) is 24.3 Å². The van der Waals surface area contributed by atoms with E-state index in [0.717, 1.165) is 16.9 Å². The van der Waals surface area contributed by atoms with Gasteiger partial charge in [-0.3, -0.25) is 4.79 Å². The van der Waals surface area contributed by atoms with Crippen LogP contribution in [0.3, 0.4) is 0 Å².